The Labute approximate surface area is 263 Å². The average molecular weight is 613 g/mol. The number of allylic oxidation sites excluding steroid dienone is 3. The summed E-state index contributed by atoms with van der Waals surface area (Å²) in [4.78, 5) is 25.2. The van der Waals surface area contributed by atoms with Gasteiger partial charge in [-0.1, -0.05) is 70.2 Å². The van der Waals surface area contributed by atoms with Gasteiger partial charge in [-0.2, -0.15) is 0 Å². The van der Waals surface area contributed by atoms with Crippen molar-refractivity contribution in [3.05, 3.63) is 66.3 Å². The molecule has 44 heavy (non-hydrogen) atoms. The van der Waals surface area contributed by atoms with Crippen molar-refractivity contribution in [2.24, 2.45) is 17.8 Å². The van der Waals surface area contributed by atoms with Crippen LogP contribution in [0.1, 0.15) is 80.6 Å². The van der Waals surface area contributed by atoms with Gasteiger partial charge in [0.15, 0.2) is 0 Å². The lowest BCUT2D eigenvalue weighted by molar-refractivity contribution is -0.157. The minimum Gasteiger partial charge on any atom is -0.490 e. The highest BCUT2D eigenvalue weighted by molar-refractivity contribution is 5.70. The molecule has 2 aliphatic rings. The van der Waals surface area contributed by atoms with Crippen LogP contribution >= 0.6 is 0 Å². The maximum Gasteiger partial charge on any atom is 0.310 e. The number of para-hydroxylation sites is 1. The first kappa shape index (κ1) is 35.5. The number of hydrogen-bond acceptors (Lipinski definition) is 8. The molecule has 0 saturated carbocycles. The van der Waals surface area contributed by atoms with E-state index >= 15 is 0 Å². The van der Waals surface area contributed by atoms with E-state index in [1.807, 2.05) is 76.3 Å². The third-order valence-electron chi connectivity index (χ3n) is 8.66. The van der Waals surface area contributed by atoms with Crippen molar-refractivity contribution in [3.63, 3.8) is 0 Å². The zero-order chi connectivity index (χ0) is 32.4. The number of esters is 2. The molecule has 1 saturated heterocycles. The Morgan fingerprint density at radius 2 is 1.89 bits per heavy atom. The van der Waals surface area contributed by atoms with Crippen LogP contribution in [-0.4, -0.2) is 64.4 Å². The first-order chi connectivity index (χ1) is 20.8. The third-order valence-corrected chi connectivity index (χ3v) is 8.66. The van der Waals surface area contributed by atoms with E-state index < -0.39 is 35.9 Å². The predicted octanol–water partition coefficient (Wildman–Crippen LogP) is 6.11. The molecule has 10 atom stereocenters. The SMILES string of the molecule is CCC(O)C(C)C1OC1CC(C)/C=C/C=C(\C)C1OC(=O)CC(Oc2ccccc2)CCC(C)(O)C(OC(C)=O)/C=C/C1C. The van der Waals surface area contributed by atoms with E-state index in [1.54, 1.807) is 13.0 Å². The van der Waals surface area contributed by atoms with Crippen molar-refractivity contribution in [3.8, 4) is 5.75 Å². The number of aliphatic hydroxyl groups excluding tert-OH is 1. The highest BCUT2D eigenvalue weighted by Gasteiger charge is 2.45. The van der Waals surface area contributed by atoms with E-state index in [2.05, 4.69) is 13.0 Å². The van der Waals surface area contributed by atoms with E-state index in [-0.39, 0.29) is 48.9 Å². The van der Waals surface area contributed by atoms with E-state index in [1.165, 1.54) is 6.92 Å². The Bertz CT molecular complexity index is 1160. The quantitative estimate of drug-likeness (QED) is 0.133. The molecule has 1 fully saturated rings. The van der Waals surface area contributed by atoms with Crippen LogP contribution in [0.2, 0.25) is 0 Å². The van der Waals surface area contributed by atoms with Gasteiger partial charge in [-0.15, -0.1) is 0 Å². The Kier molecular flexibility index (Phi) is 13.2. The van der Waals surface area contributed by atoms with E-state index in [0.717, 1.165) is 18.4 Å². The van der Waals surface area contributed by atoms with Crippen molar-refractivity contribution in [1.82, 2.24) is 0 Å². The Morgan fingerprint density at radius 1 is 1.18 bits per heavy atom. The molecule has 0 radical (unpaired) electrons. The summed E-state index contributed by atoms with van der Waals surface area (Å²) in [6.45, 7) is 13.0. The fourth-order valence-corrected chi connectivity index (χ4v) is 5.75. The lowest BCUT2D eigenvalue weighted by Crippen LogP contribution is -2.42. The number of cyclic esters (lactones) is 1. The number of epoxide rings is 1. The lowest BCUT2D eigenvalue weighted by atomic mass is 9.88. The molecular formula is C36H52O8. The van der Waals surface area contributed by atoms with Gasteiger partial charge in [0.2, 0.25) is 0 Å². The summed E-state index contributed by atoms with van der Waals surface area (Å²) in [5.41, 5.74) is -0.522. The monoisotopic (exact) mass is 612 g/mol. The molecule has 8 heteroatoms. The number of hydrogen-bond donors (Lipinski definition) is 2. The second kappa shape index (κ2) is 16.4. The van der Waals surface area contributed by atoms with Crippen molar-refractivity contribution in [2.75, 3.05) is 0 Å². The summed E-state index contributed by atoms with van der Waals surface area (Å²) < 4.78 is 23.6. The minimum atomic E-state index is -1.38. The largest absolute Gasteiger partial charge is 0.490 e. The molecule has 0 amide bonds. The smallest absolute Gasteiger partial charge is 0.310 e. The first-order valence-corrected chi connectivity index (χ1v) is 16.0. The Hall–Kier alpha value is -2.94. The van der Waals surface area contributed by atoms with Crippen LogP contribution in [0.15, 0.2) is 66.3 Å². The maximum atomic E-state index is 13.3. The molecule has 3 rings (SSSR count). The fraction of sp³-hybridized carbons (Fsp3) is 0.611. The van der Waals surface area contributed by atoms with Gasteiger partial charge in [0.25, 0.3) is 0 Å². The zero-order valence-corrected chi connectivity index (χ0v) is 27.3. The summed E-state index contributed by atoms with van der Waals surface area (Å²) >= 11 is 0. The van der Waals surface area contributed by atoms with Crippen LogP contribution < -0.4 is 4.74 Å². The molecule has 0 spiro atoms. The van der Waals surface area contributed by atoms with Crippen molar-refractivity contribution in [2.45, 2.75) is 123 Å². The van der Waals surface area contributed by atoms with Crippen LogP contribution in [0.5, 0.6) is 5.75 Å². The van der Waals surface area contributed by atoms with E-state index in [4.69, 9.17) is 18.9 Å². The van der Waals surface area contributed by atoms with Crippen LogP contribution in [0.25, 0.3) is 0 Å². The van der Waals surface area contributed by atoms with Gasteiger partial charge >= 0.3 is 11.9 Å². The maximum absolute atomic E-state index is 13.3. The van der Waals surface area contributed by atoms with Crippen LogP contribution in [0, 0.1) is 17.8 Å². The molecule has 2 N–H and O–H groups in total. The summed E-state index contributed by atoms with van der Waals surface area (Å²) in [5, 5.41) is 21.5. The molecule has 2 aliphatic heterocycles. The summed E-state index contributed by atoms with van der Waals surface area (Å²) in [5.74, 6) is -0.149. The highest BCUT2D eigenvalue weighted by atomic mass is 16.6. The fourth-order valence-electron chi connectivity index (χ4n) is 5.75. The second-order valence-electron chi connectivity index (χ2n) is 12.8. The molecule has 244 valence electrons. The van der Waals surface area contributed by atoms with Gasteiger partial charge in [0, 0.05) is 18.8 Å². The molecule has 1 aromatic carbocycles. The highest BCUT2D eigenvalue weighted by Crippen LogP contribution is 2.36. The van der Waals surface area contributed by atoms with Crippen LogP contribution in [0.3, 0.4) is 0 Å². The number of carbonyl (C=O) groups is 2. The van der Waals surface area contributed by atoms with Crippen LogP contribution in [0.4, 0.5) is 0 Å². The normalized spacial score (nSPS) is 32.8. The number of carbonyl (C=O) groups excluding carboxylic acids is 2. The van der Waals surface area contributed by atoms with Gasteiger partial charge < -0.3 is 29.2 Å². The van der Waals surface area contributed by atoms with Crippen molar-refractivity contribution >= 4 is 11.9 Å². The predicted molar refractivity (Wildman–Crippen MR) is 170 cm³/mol. The molecule has 0 bridgehead atoms. The van der Waals surface area contributed by atoms with Crippen molar-refractivity contribution < 1.29 is 38.7 Å². The van der Waals surface area contributed by atoms with Crippen LogP contribution in [-0.2, 0) is 23.8 Å². The van der Waals surface area contributed by atoms with Gasteiger partial charge in [-0.05, 0) is 69.2 Å². The summed E-state index contributed by atoms with van der Waals surface area (Å²) in [6.07, 6.45) is 9.66. The number of ether oxygens (including phenoxy) is 4. The van der Waals surface area contributed by atoms with Gasteiger partial charge in [-0.3, -0.25) is 9.59 Å². The third kappa shape index (κ3) is 10.9. The molecule has 0 aliphatic carbocycles. The van der Waals surface area contributed by atoms with E-state index in [9.17, 15) is 19.8 Å². The summed E-state index contributed by atoms with van der Waals surface area (Å²) in [7, 11) is 0. The van der Waals surface area contributed by atoms with Crippen molar-refractivity contribution in [1.29, 1.82) is 0 Å². The molecule has 0 aromatic heterocycles. The number of aliphatic hydroxyl groups is 2. The van der Waals surface area contributed by atoms with Gasteiger partial charge in [0.05, 0.1) is 24.7 Å². The Morgan fingerprint density at radius 3 is 2.55 bits per heavy atom. The minimum absolute atomic E-state index is 0.00397. The molecule has 10 unspecified atom stereocenters. The molecule has 1 aromatic rings. The Balaban J connectivity index is 1.77. The first-order valence-electron chi connectivity index (χ1n) is 16.0. The molecule has 8 nitrogen and oxygen atoms in total. The topological polar surface area (TPSA) is 115 Å². The average Bonchev–Trinajstić information content (AvgIpc) is 3.74. The molecule has 2 heterocycles. The van der Waals surface area contributed by atoms with Gasteiger partial charge in [-0.25, -0.2) is 0 Å². The second-order valence-corrected chi connectivity index (χ2v) is 12.8. The lowest BCUT2D eigenvalue weighted by Gasteiger charge is -2.33. The summed E-state index contributed by atoms with van der Waals surface area (Å²) in [6, 6.07) is 9.23. The standard InChI is InChI=1S/C36H52O8/c1-8-30(38)26(5)35-31(43-35)21-23(2)13-12-14-24(3)34-25(4)17-18-32(41-27(6)37)36(7,40)20-19-29(22-33(39)44-34)42-28-15-10-9-11-16-28/h9-18,23,25-26,29-32,34-35,38,40H,8,19-22H2,1-7H3/b13-12+,18-17+,24-14+. The number of benzene rings is 1. The van der Waals surface area contributed by atoms with Gasteiger partial charge in [0.1, 0.15) is 29.7 Å². The zero-order valence-electron chi connectivity index (χ0n) is 27.3. The molecular weight excluding hydrogens is 560 g/mol. The van der Waals surface area contributed by atoms with E-state index in [0.29, 0.717) is 12.2 Å². The number of rotatable bonds is 11.